The van der Waals surface area contributed by atoms with Gasteiger partial charge in [-0.3, -0.25) is 14.4 Å². The van der Waals surface area contributed by atoms with Crippen LogP contribution in [0.4, 0.5) is 5.13 Å². The van der Waals surface area contributed by atoms with E-state index in [9.17, 15) is 14.4 Å². The summed E-state index contributed by atoms with van der Waals surface area (Å²) >= 11 is 1.37. The number of pyridine rings is 1. The van der Waals surface area contributed by atoms with Crippen molar-refractivity contribution < 1.29 is 9.59 Å². The first-order valence-corrected chi connectivity index (χ1v) is 11.2. The summed E-state index contributed by atoms with van der Waals surface area (Å²) in [5.41, 5.74) is 2.42. The number of hydrogen-bond donors (Lipinski definition) is 1. The summed E-state index contributed by atoms with van der Waals surface area (Å²) in [6.45, 7) is 6.86. The zero-order valence-corrected chi connectivity index (χ0v) is 18.5. The van der Waals surface area contributed by atoms with Crippen LogP contribution in [0.15, 0.2) is 11.0 Å². The normalized spacial score (nSPS) is 16.0. The molecule has 2 amide bonds. The van der Waals surface area contributed by atoms with Crippen molar-refractivity contribution >= 4 is 28.3 Å². The lowest BCUT2D eigenvalue weighted by Gasteiger charge is -2.30. The van der Waals surface area contributed by atoms with Crippen LogP contribution < -0.4 is 10.9 Å². The summed E-state index contributed by atoms with van der Waals surface area (Å²) in [4.78, 5) is 47.6. The molecule has 2 aromatic heterocycles. The van der Waals surface area contributed by atoms with E-state index >= 15 is 0 Å². The predicted molar refractivity (Wildman–Crippen MR) is 116 cm³/mol. The second-order valence-electron chi connectivity index (χ2n) is 7.86. The van der Waals surface area contributed by atoms with Gasteiger partial charge in [0.15, 0.2) is 5.13 Å². The fourth-order valence-electron chi connectivity index (χ4n) is 4.23. The summed E-state index contributed by atoms with van der Waals surface area (Å²) in [5, 5.41) is 3.91. The number of hydrogen-bond acceptors (Lipinski definition) is 6. The first-order chi connectivity index (χ1) is 14.4. The monoisotopic (exact) mass is 429 g/mol. The molecule has 1 saturated heterocycles. The fourth-order valence-corrected chi connectivity index (χ4v) is 5.23. The average Bonchev–Trinajstić information content (AvgIpc) is 3.38. The lowest BCUT2D eigenvalue weighted by Crippen LogP contribution is -2.41. The van der Waals surface area contributed by atoms with E-state index in [0.29, 0.717) is 37.5 Å². The molecule has 2 aliphatic heterocycles. The molecule has 2 aliphatic rings. The Balaban J connectivity index is 1.63. The van der Waals surface area contributed by atoms with Crippen molar-refractivity contribution in [3.05, 3.63) is 43.8 Å². The minimum absolute atomic E-state index is 0.0546. The third-order valence-corrected chi connectivity index (χ3v) is 6.88. The molecule has 160 valence electrons. The smallest absolute Gasteiger partial charge is 0.266 e. The van der Waals surface area contributed by atoms with Gasteiger partial charge < -0.3 is 19.7 Å². The Morgan fingerprint density at radius 2 is 1.90 bits per heavy atom. The van der Waals surface area contributed by atoms with Gasteiger partial charge in [-0.25, -0.2) is 4.98 Å². The van der Waals surface area contributed by atoms with Crippen LogP contribution in [0.25, 0.3) is 0 Å². The highest BCUT2D eigenvalue weighted by Gasteiger charge is 2.31. The van der Waals surface area contributed by atoms with Crippen molar-refractivity contribution in [2.24, 2.45) is 7.05 Å². The number of likely N-dealkylation sites (tertiary alicyclic amines) is 1. The fraction of sp³-hybridized carbons (Fsp3) is 0.524. The molecular weight excluding hydrogens is 402 g/mol. The molecule has 2 aromatic rings. The third kappa shape index (κ3) is 3.62. The number of carbonyl (C=O) groups excluding carboxylic acids is 2. The minimum Gasteiger partial charge on any atom is -0.362 e. The second kappa shape index (κ2) is 8.22. The first-order valence-electron chi connectivity index (χ1n) is 10.4. The van der Waals surface area contributed by atoms with Gasteiger partial charge in [0.1, 0.15) is 10.4 Å². The summed E-state index contributed by atoms with van der Waals surface area (Å²) < 4.78 is 1.47. The predicted octanol–water partition coefficient (Wildman–Crippen LogP) is 2.02. The Morgan fingerprint density at radius 1 is 1.17 bits per heavy atom. The van der Waals surface area contributed by atoms with Crippen LogP contribution in [-0.2, 0) is 20.0 Å². The molecule has 0 spiro atoms. The van der Waals surface area contributed by atoms with Gasteiger partial charge in [0, 0.05) is 46.0 Å². The quantitative estimate of drug-likeness (QED) is 0.803. The SMILES string of the molecule is CCNc1nc(C)c(C(=O)N2CCc3c(cn(C)c(=O)c3C(=O)N3CCCC3)C2)s1. The Kier molecular flexibility index (Phi) is 5.64. The van der Waals surface area contributed by atoms with Crippen molar-refractivity contribution in [1.82, 2.24) is 19.4 Å². The molecule has 4 rings (SSSR count). The van der Waals surface area contributed by atoms with Gasteiger partial charge in [0.05, 0.1) is 5.69 Å². The van der Waals surface area contributed by atoms with E-state index in [2.05, 4.69) is 10.3 Å². The number of fused-ring (bicyclic) bond motifs is 1. The molecule has 8 nitrogen and oxygen atoms in total. The molecule has 4 heterocycles. The Hall–Kier alpha value is -2.68. The van der Waals surface area contributed by atoms with E-state index in [4.69, 9.17) is 0 Å². The number of thiazole rings is 1. The van der Waals surface area contributed by atoms with Crippen LogP contribution in [-0.4, -0.2) is 57.3 Å². The molecule has 0 aromatic carbocycles. The van der Waals surface area contributed by atoms with Gasteiger partial charge in [0.25, 0.3) is 17.4 Å². The lowest BCUT2D eigenvalue weighted by atomic mass is 9.95. The van der Waals surface area contributed by atoms with Gasteiger partial charge in [0.2, 0.25) is 0 Å². The highest BCUT2D eigenvalue weighted by Crippen LogP contribution is 2.28. The number of nitrogens with zero attached hydrogens (tertiary/aromatic N) is 4. The standard InChI is InChI=1S/C21H27N5O3S/c1-4-22-21-23-13(2)17(30-21)20(29)26-10-7-15-14(12-26)11-24(3)18(27)16(15)19(28)25-8-5-6-9-25/h11H,4-10,12H2,1-3H3,(H,22,23). The van der Waals surface area contributed by atoms with Gasteiger partial charge in [-0.15, -0.1) is 0 Å². The maximum absolute atomic E-state index is 13.2. The number of carbonyl (C=O) groups is 2. The zero-order chi connectivity index (χ0) is 21.4. The van der Waals surface area contributed by atoms with Gasteiger partial charge in [-0.05, 0) is 44.2 Å². The number of amides is 2. The maximum Gasteiger partial charge on any atom is 0.266 e. The molecule has 0 radical (unpaired) electrons. The summed E-state index contributed by atoms with van der Waals surface area (Å²) in [6.07, 6.45) is 4.23. The van der Waals surface area contributed by atoms with Crippen LogP contribution in [0.3, 0.4) is 0 Å². The molecule has 0 saturated carbocycles. The van der Waals surface area contributed by atoms with Crippen molar-refractivity contribution in [2.45, 2.75) is 39.7 Å². The molecule has 1 N–H and O–H groups in total. The van der Waals surface area contributed by atoms with E-state index in [1.165, 1.54) is 15.9 Å². The Labute approximate surface area is 179 Å². The maximum atomic E-state index is 13.2. The second-order valence-corrected chi connectivity index (χ2v) is 8.86. The van der Waals surface area contributed by atoms with E-state index in [1.807, 2.05) is 13.8 Å². The van der Waals surface area contributed by atoms with Crippen LogP contribution in [0.2, 0.25) is 0 Å². The van der Waals surface area contributed by atoms with Crippen LogP contribution in [0, 0.1) is 6.92 Å². The summed E-state index contributed by atoms with van der Waals surface area (Å²) in [6, 6.07) is 0. The minimum atomic E-state index is -0.251. The number of anilines is 1. The largest absolute Gasteiger partial charge is 0.362 e. The number of nitrogens with one attached hydrogen (secondary N) is 1. The average molecular weight is 430 g/mol. The number of aryl methyl sites for hydroxylation is 2. The van der Waals surface area contributed by atoms with Gasteiger partial charge >= 0.3 is 0 Å². The van der Waals surface area contributed by atoms with Crippen molar-refractivity contribution in [2.75, 3.05) is 31.5 Å². The highest BCUT2D eigenvalue weighted by atomic mass is 32.1. The van der Waals surface area contributed by atoms with E-state index in [1.54, 1.807) is 23.0 Å². The van der Waals surface area contributed by atoms with Gasteiger partial charge in [-0.2, -0.15) is 0 Å². The Morgan fingerprint density at radius 3 is 2.60 bits per heavy atom. The molecule has 0 atom stereocenters. The van der Waals surface area contributed by atoms with Gasteiger partial charge in [-0.1, -0.05) is 11.3 Å². The van der Waals surface area contributed by atoms with Crippen LogP contribution >= 0.6 is 11.3 Å². The molecule has 1 fully saturated rings. The molecular formula is C21H27N5O3S. The van der Waals surface area contributed by atoms with E-state index < -0.39 is 0 Å². The number of rotatable bonds is 4. The highest BCUT2D eigenvalue weighted by molar-refractivity contribution is 7.17. The molecule has 9 heteroatoms. The van der Waals surface area contributed by atoms with Crippen molar-refractivity contribution in [3.63, 3.8) is 0 Å². The Bertz CT molecular complexity index is 1050. The molecule has 30 heavy (non-hydrogen) atoms. The zero-order valence-electron chi connectivity index (χ0n) is 17.7. The van der Waals surface area contributed by atoms with Crippen LogP contribution in [0.5, 0.6) is 0 Å². The topological polar surface area (TPSA) is 87.5 Å². The molecule has 0 aliphatic carbocycles. The van der Waals surface area contributed by atoms with E-state index in [-0.39, 0.29) is 22.9 Å². The number of aromatic nitrogens is 2. The van der Waals surface area contributed by atoms with Crippen LogP contribution in [0.1, 0.15) is 56.6 Å². The van der Waals surface area contributed by atoms with Crippen molar-refractivity contribution in [1.29, 1.82) is 0 Å². The summed E-state index contributed by atoms with van der Waals surface area (Å²) in [7, 11) is 1.67. The summed E-state index contributed by atoms with van der Waals surface area (Å²) in [5.74, 6) is -0.223. The molecule has 0 unspecified atom stereocenters. The molecule has 0 bridgehead atoms. The van der Waals surface area contributed by atoms with Crippen molar-refractivity contribution in [3.8, 4) is 0 Å². The van der Waals surface area contributed by atoms with E-state index in [0.717, 1.165) is 41.3 Å². The third-order valence-electron chi connectivity index (χ3n) is 5.78. The first kappa shape index (κ1) is 20.6. The lowest BCUT2D eigenvalue weighted by molar-refractivity contribution is 0.0737.